The van der Waals surface area contributed by atoms with E-state index >= 15 is 0 Å². The molecule has 98 valence electrons. The van der Waals surface area contributed by atoms with Crippen molar-refractivity contribution >= 4 is 0 Å². The van der Waals surface area contributed by atoms with Gasteiger partial charge in [-0.3, -0.25) is 0 Å². The minimum atomic E-state index is 0.683. The van der Waals surface area contributed by atoms with Crippen molar-refractivity contribution in [2.45, 2.75) is 45.1 Å². The fourth-order valence-corrected chi connectivity index (χ4v) is 4.35. The molecule has 0 amide bonds. The van der Waals surface area contributed by atoms with Crippen molar-refractivity contribution < 1.29 is 0 Å². The summed E-state index contributed by atoms with van der Waals surface area (Å²) in [5.74, 6) is 2.99. The summed E-state index contributed by atoms with van der Waals surface area (Å²) in [7, 11) is 2.15. The van der Waals surface area contributed by atoms with E-state index in [-0.39, 0.29) is 0 Å². The van der Waals surface area contributed by atoms with Crippen molar-refractivity contribution in [1.29, 1.82) is 0 Å². The molecule has 0 saturated heterocycles. The number of fused-ring (bicyclic) bond motifs is 2. The summed E-state index contributed by atoms with van der Waals surface area (Å²) in [6.45, 7) is 2.19. The minimum absolute atomic E-state index is 0.683. The van der Waals surface area contributed by atoms with Crippen LogP contribution in [-0.4, -0.2) is 13.1 Å². The molecule has 0 aliphatic heterocycles. The number of hydrogen-bond acceptors (Lipinski definition) is 1. The van der Waals surface area contributed by atoms with E-state index in [1.165, 1.54) is 43.2 Å². The van der Waals surface area contributed by atoms with Crippen LogP contribution in [0.2, 0.25) is 0 Å². The van der Waals surface area contributed by atoms with Crippen molar-refractivity contribution in [2.24, 2.45) is 17.8 Å². The Balaban J connectivity index is 1.69. The normalized spacial score (nSPS) is 31.8. The monoisotopic (exact) mass is 243 g/mol. The highest BCUT2D eigenvalue weighted by Crippen LogP contribution is 2.49. The lowest BCUT2D eigenvalue weighted by Crippen LogP contribution is -2.38. The number of hydrogen-bond donors (Lipinski definition) is 1. The Bertz CT molecular complexity index is 412. The SMILES string of the molecule is CNC(Cc1cccc(C)c1)C1CC2CCC1C2. The second-order valence-electron chi connectivity index (χ2n) is 6.43. The summed E-state index contributed by atoms with van der Waals surface area (Å²) in [6.07, 6.45) is 7.17. The highest BCUT2D eigenvalue weighted by molar-refractivity contribution is 5.23. The van der Waals surface area contributed by atoms with E-state index < -0.39 is 0 Å². The van der Waals surface area contributed by atoms with Gasteiger partial charge in [-0.05, 0) is 63.0 Å². The lowest BCUT2D eigenvalue weighted by atomic mass is 9.81. The molecule has 18 heavy (non-hydrogen) atoms. The summed E-state index contributed by atoms with van der Waals surface area (Å²) in [5, 5.41) is 3.60. The molecule has 2 aliphatic rings. The molecule has 4 atom stereocenters. The molecule has 2 fully saturated rings. The highest BCUT2D eigenvalue weighted by Gasteiger charge is 2.42. The molecular weight excluding hydrogens is 218 g/mol. The maximum absolute atomic E-state index is 3.60. The van der Waals surface area contributed by atoms with Gasteiger partial charge < -0.3 is 5.32 Å². The van der Waals surface area contributed by atoms with Crippen molar-refractivity contribution in [3.63, 3.8) is 0 Å². The average Bonchev–Trinajstić information content (AvgIpc) is 2.98. The Hall–Kier alpha value is -0.820. The zero-order chi connectivity index (χ0) is 12.5. The lowest BCUT2D eigenvalue weighted by molar-refractivity contribution is 0.255. The molecule has 1 N–H and O–H groups in total. The molecule has 1 heteroatoms. The van der Waals surface area contributed by atoms with Gasteiger partial charge in [0.1, 0.15) is 0 Å². The van der Waals surface area contributed by atoms with Gasteiger partial charge in [0.05, 0.1) is 0 Å². The number of aryl methyl sites for hydroxylation is 1. The largest absolute Gasteiger partial charge is 0.316 e. The summed E-state index contributed by atoms with van der Waals surface area (Å²) >= 11 is 0. The van der Waals surface area contributed by atoms with Crippen LogP contribution < -0.4 is 5.32 Å². The van der Waals surface area contributed by atoms with Gasteiger partial charge in [-0.1, -0.05) is 36.2 Å². The minimum Gasteiger partial charge on any atom is -0.316 e. The molecule has 2 aliphatic carbocycles. The Kier molecular flexibility index (Phi) is 3.43. The molecular formula is C17H25N. The van der Waals surface area contributed by atoms with Gasteiger partial charge in [0.2, 0.25) is 0 Å². The number of nitrogens with one attached hydrogen (secondary N) is 1. The first kappa shape index (κ1) is 12.2. The third-order valence-corrected chi connectivity index (χ3v) is 5.22. The van der Waals surface area contributed by atoms with Crippen LogP contribution in [0.1, 0.15) is 36.8 Å². The first-order chi connectivity index (χ1) is 8.76. The van der Waals surface area contributed by atoms with E-state index in [1.54, 1.807) is 0 Å². The number of rotatable bonds is 4. The average molecular weight is 243 g/mol. The summed E-state index contributed by atoms with van der Waals surface area (Å²) < 4.78 is 0. The third kappa shape index (κ3) is 2.33. The number of benzene rings is 1. The molecule has 0 spiro atoms. The summed E-state index contributed by atoms with van der Waals surface area (Å²) in [6, 6.07) is 9.69. The van der Waals surface area contributed by atoms with E-state index in [9.17, 15) is 0 Å². The van der Waals surface area contributed by atoms with Crippen LogP contribution >= 0.6 is 0 Å². The van der Waals surface area contributed by atoms with Gasteiger partial charge in [0, 0.05) is 6.04 Å². The lowest BCUT2D eigenvalue weighted by Gasteiger charge is -2.30. The van der Waals surface area contributed by atoms with Crippen LogP contribution in [0.15, 0.2) is 24.3 Å². The predicted molar refractivity (Wildman–Crippen MR) is 76.7 cm³/mol. The van der Waals surface area contributed by atoms with Crippen LogP contribution in [0.25, 0.3) is 0 Å². The zero-order valence-corrected chi connectivity index (χ0v) is 11.7. The molecule has 0 radical (unpaired) electrons. The van der Waals surface area contributed by atoms with E-state index in [4.69, 9.17) is 0 Å². The van der Waals surface area contributed by atoms with Crippen LogP contribution in [-0.2, 0) is 6.42 Å². The van der Waals surface area contributed by atoms with Crippen LogP contribution in [0.5, 0.6) is 0 Å². The predicted octanol–water partition coefficient (Wildman–Crippen LogP) is 3.56. The first-order valence-electron chi connectivity index (χ1n) is 7.49. The number of likely N-dealkylation sites (N-methyl/N-ethyl adjacent to an activating group) is 1. The third-order valence-electron chi connectivity index (χ3n) is 5.22. The van der Waals surface area contributed by atoms with Gasteiger partial charge in [0.25, 0.3) is 0 Å². The zero-order valence-electron chi connectivity index (χ0n) is 11.7. The van der Waals surface area contributed by atoms with Crippen molar-refractivity contribution in [1.82, 2.24) is 5.32 Å². The van der Waals surface area contributed by atoms with Crippen LogP contribution in [0, 0.1) is 24.7 Å². The van der Waals surface area contributed by atoms with Crippen LogP contribution in [0.4, 0.5) is 0 Å². The van der Waals surface area contributed by atoms with Gasteiger partial charge in [0.15, 0.2) is 0 Å². The first-order valence-corrected chi connectivity index (χ1v) is 7.49. The van der Waals surface area contributed by atoms with Crippen molar-refractivity contribution in [3.8, 4) is 0 Å². The van der Waals surface area contributed by atoms with E-state index in [2.05, 4.69) is 43.6 Å². The summed E-state index contributed by atoms with van der Waals surface area (Å²) in [5.41, 5.74) is 2.88. The standard InChI is InChI=1S/C17H25N/c1-12-4-3-5-13(8-12)11-17(18-2)16-10-14-6-7-15(16)9-14/h3-5,8,14-18H,6-7,9-11H2,1-2H3. The molecule has 1 nitrogen and oxygen atoms in total. The summed E-state index contributed by atoms with van der Waals surface area (Å²) in [4.78, 5) is 0. The maximum Gasteiger partial charge on any atom is 0.0135 e. The van der Waals surface area contributed by atoms with Crippen molar-refractivity contribution in [2.75, 3.05) is 7.05 Å². The van der Waals surface area contributed by atoms with Gasteiger partial charge in [-0.2, -0.15) is 0 Å². The topological polar surface area (TPSA) is 12.0 Å². The maximum atomic E-state index is 3.60. The fourth-order valence-electron chi connectivity index (χ4n) is 4.35. The Morgan fingerprint density at radius 1 is 1.28 bits per heavy atom. The van der Waals surface area contributed by atoms with Crippen LogP contribution in [0.3, 0.4) is 0 Å². The van der Waals surface area contributed by atoms with E-state index in [1.807, 2.05) is 0 Å². The molecule has 4 unspecified atom stereocenters. The van der Waals surface area contributed by atoms with Crippen molar-refractivity contribution in [3.05, 3.63) is 35.4 Å². The van der Waals surface area contributed by atoms with Gasteiger partial charge in [-0.25, -0.2) is 0 Å². The Morgan fingerprint density at radius 3 is 2.78 bits per heavy atom. The second-order valence-corrected chi connectivity index (χ2v) is 6.43. The quantitative estimate of drug-likeness (QED) is 0.852. The van der Waals surface area contributed by atoms with E-state index in [0.29, 0.717) is 6.04 Å². The fraction of sp³-hybridized carbons (Fsp3) is 0.647. The van der Waals surface area contributed by atoms with Gasteiger partial charge in [-0.15, -0.1) is 0 Å². The molecule has 0 aromatic heterocycles. The van der Waals surface area contributed by atoms with E-state index in [0.717, 1.165) is 17.8 Å². The van der Waals surface area contributed by atoms with Gasteiger partial charge >= 0.3 is 0 Å². The molecule has 1 aromatic carbocycles. The smallest absolute Gasteiger partial charge is 0.0135 e. The molecule has 3 rings (SSSR count). The second kappa shape index (κ2) is 5.05. The highest BCUT2D eigenvalue weighted by atomic mass is 14.9. The Labute approximate surface area is 111 Å². The Morgan fingerprint density at radius 2 is 2.17 bits per heavy atom. The molecule has 2 saturated carbocycles. The molecule has 0 heterocycles. The molecule has 1 aromatic rings. The molecule has 2 bridgehead atoms.